The van der Waals surface area contributed by atoms with E-state index < -0.39 is 70.0 Å². The Balaban J connectivity index is 1.91. The monoisotopic (exact) mass is 464 g/mol. The van der Waals surface area contributed by atoms with Gasteiger partial charge in [0.05, 0.1) is 11.3 Å². The number of nitrogens with zero attached hydrogens (tertiary/aromatic N) is 3. The van der Waals surface area contributed by atoms with Gasteiger partial charge in [-0.3, -0.25) is 4.79 Å². The Morgan fingerprint density at radius 2 is 1.62 bits per heavy atom. The summed E-state index contributed by atoms with van der Waals surface area (Å²) < 4.78 is 86.8. The van der Waals surface area contributed by atoms with Gasteiger partial charge < -0.3 is 15.3 Å². The van der Waals surface area contributed by atoms with E-state index in [9.17, 15) is 36.2 Å². The van der Waals surface area contributed by atoms with Gasteiger partial charge in [0.15, 0.2) is 11.5 Å². The summed E-state index contributed by atoms with van der Waals surface area (Å²) in [6.45, 7) is 0. The first-order valence-electron chi connectivity index (χ1n) is 9.84. The maximum absolute atomic E-state index is 13.6. The van der Waals surface area contributed by atoms with Gasteiger partial charge in [-0.15, -0.1) is 10.2 Å². The second-order valence-corrected chi connectivity index (χ2v) is 8.26. The molecule has 0 unspecified atom stereocenters. The average molecular weight is 464 g/mol. The zero-order valence-corrected chi connectivity index (χ0v) is 16.5. The van der Waals surface area contributed by atoms with Crippen LogP contribution in [0.25, 0.3) is 11.6 Å². The van der Waals surface area contributed by atoms with Crippen molar-refractivity contribution in [2.75, 3.05) is 5.73 Å². The first kappa shape index (κ1) is 22.5. The molecule has 1 atom stereocenters. The van der Waals surface area contributed by atoms with Gasteiger partial charge in [-0.1, -0.05) is 12.8 Å². The molecule has 1 aliphatic heterocycles. The number of hydrogen-bond acceptors (Lipinski definition) is 7. The molecule has 3 heterocycles. The standard InChI is InChI=1S/C19H18F6N4O3/c20-18(21,22)9-8-10(26)12-14-28-29-15(32-14)17(31,19(23,24)25)5-3-1-2-4-16(6-7-16)13(30)11(9)27-12/h8,31H,1-7,26H2/t17-/m1/s1. The number of Topliss-reactive ketones (excluding diaryl/α,β-unsaturated/α-hetero) is 1. The van der Waals surface area contributed by atoms with Gasteiger partial charge in [0.1, 0.15) is 5.69 Å². The predicted molar refractivity (Wildman–Crippen MR) is 96.0 cm³/mol. The van der Waals surface area contributed by atoms with Crippen LogP contribution in [0.4, 0.5) is 32.0 Å². The molecule has 32 heavy (non-hydrogen) atoms. The van der Waals surface area contributed by atoms with E-state index in [2.05, 4.69) is 15.2 Å². The Kier molecular flexibility index (Phi) is 5.03. The summed E-state index contributed by atoms with van der Waals surface area (Å²) in [6, 6.07) is 0.483. The lowest BCUT2D eigenvalue weighted by Crippen LogP contribution is -2.42. The van der Waals surface area contributed by atoms with Crippen LogP contribution in [-0.2, 0) is 11.8 Å². The highest BCUT2D eigenvalue weighted by atomic mass is 19.4. The molecule has 13 heteroatoms. The minimum atomic E-state index is -5.15. The number of fused-ring (bicyclic) bond motifs is 5. The molecule has 2 aliphatic rings. The van der Waals surface area contributed by atoms with Gasteiger partial charge in [0.25, 0.3) is 11.8 Å². The van der Waals surface area contributed by atoms with Crippen molar-refractivity contribution in [3.63, 3.8) is 0 Å². The van der Waals surface area contributed by atoms with Crippen LogP contribution < -0.4 is 5.73 Å². The Morgan fingerprint density at radius 1 is 0.969 bits per heavy atom. The SMILES string of the molecule is Nc1cc(C(F)(F)F)c2nc1-c1nnc(o1)[C@@](O)(C(F)(F)F)CCCCCC1(CC1)C2=O. The molecule has 2 aromatic rings. The minimum absolute atomic E-state index is 0.0858. The second-order valence-electron chi connectivity index (χ2n) is 8.26. The van der Waals surface area contributed by atoms with E-state index in [0.29, 0.717) is 18.9 Å². The van der Waals surface area contributed by atoms with Crippen LogP contribution in [0.15, 0.2) is 10.5 Å². The zero-order chi connectivity index (χ0) is 23.5. The van der Waals surface area contributed by atoms with Crippen LogP contribution in [-0.4, -0.2) is 32.2 Å². The summed E-state index contributed by atoms with van der Waals surface area (Å²) >= 11 is 0. The molecule has 1 fully saturated rings. The van der Waals surface area contributed by atoms with Crippen LogP contribution in [0.3, 0.4) is 0 Å². The highest BCUT2D eigenvalue weighted by molar-refractivity contribution is 6.02. The summed E-state index contributed by atoms with van der Waals surface area (Å²) in [5, 5.41) is 17.0. The summed E-state index contributed by atoms with van der Waals surface area (Å²) in [4.78, 5) is 16.8. The van der Waals surface area contributed by atoms with E-state index in [-0.39, 0.29) is 25.7 Å². The number of nitrogens with two attached hydrogens (primary N) is 1. The van der Waals surface area contributed by atoms with Crippen molar-refractivity contribution in [1.29, 1.82) is 0 Å². The molecule has 4 rings (SSSR count). The smallest absolute Gasteiger partial charge is 0.416 e. The maximum atomic E-state index is 13.6. The number of nitrogen functional groups attached to an aromatic ring is 1. The fraction of sp³-hybridized carbons (Fsp3) is 0.579. The van der Waals surface area contributed by atoms with Crippen LogP contribution in [0, 0.1) is 5.41 Å². The molecule has 3 N–H and O–H groups in total. The van der Waals surface area contributed by atoms with Gasteiger partial charge in [0.2, 0.25) is 5.60 Å². The molecule has 0 amide bonds. The van der Waals surface area contributed by atoms with Gasteiger partial charge in [-0.05, 0) is 38.2 Å². The van der Waals surface area contributed by atoms with E-state index in [1.807, 2.05) is 0 Å². The van der Waals surface area contributed by atoms with Crippen molar-refractivity contribution in [2.24, 2.45) is 5.41 Å². The number of alkyl halides is 6. The third-order valence-electron chi connectivity index (χ3n) is 6.05. The van der Waals surface area contributed by atoms with Crippen molar-refractivity contribution in [3.05, 3.63) is 23.2 Å². The Morgan fingerprint density at radius 3 is 2.22 bits per heavy atom. The number of carbonyl (C=O) groups excluding carboxylic acids is 1. The highest BCUT2D eigenvalue weighted by Crippen LogP contribution is 2.54. The molecule has 1 aliphatic carbocycles. The van der Waals surface area contributed by atoms with E-state index in [4.69, 9.17) is 10.2 Å². The van der Waals surface area contributed by atoms with Gasteiger partial charge in [0, 0.05) is 5.41 Å². The number of hydrogen-bond donors (Lipinski definition) is 2. The van der Waals surface area contributed by atoms with Crippen molar-refractivity contribution in [3.8, 4) is 11.6 Å². The van der Waals surface area contributed by atoms with Crippen LogP contribution in [0.5, 0.6) is 0 Å². The normalized spacial score (nSPS) is 23.8. The number of aliphatic hydroxyl groups is 1. The molecule has 174 valence electrons. The number of rotatable bonds is 0. The minimum Gasteiger partial charge on any atom is -0.416 e. The summed E-state index contributed by atoms with van der Waals surface area (Å²) in [6.07, 6.45) is -9.54. The molecule has 1 spiro atoms. The highest BCUT2D eigenvalue weighted by Gasteiger charge is 2.59. The first-order chi connectivity index (χ1) is 14.8. The van der Waals surface area contributed by atoms with Gasteiger partial charge in [-0.25, -0.2) is 4.98 Å². The van der Waals surface area contributed by atoms with Gasteiger partial charge >= 0.3 is 12.4 Å². The second kappa shape index (κ2) is 7.15. The van der Waals surface area contributed by atoms with E-state index in [1.165, 1.54) is 0 Å². The number of halogens is 6. The van der Waals surface area contributed by atoms with Crippen LogP contribution in [0.2, 0.25) is 0 Å². The number of pyridine rings is 1. The Hall–Kier alpha value is -2.70. The summed E-state index contributed by atoms with van der Waals surface area (Å²) in [5.74, 6) is -2.70. The molecule has 1 saturated carbocycles. The predicted octanol–water partition coefficient (Wildman–Crippen LogP) is 4.41. The van der Waals surface area contributed by atoms with Crippen LogP contribution in [0.1, 0.15) is 66.9 Å². The topological polar surface area (TPSA) is 115 Å². The summed E-state index contributed by atoms with van der Waals surface area (Å²) in [7, 11) is 0. The summed E-state index contributed by atoms with van der Waals surface area (Å²) in [5.41, 5.74) is -2.23. The lowest BCUT2D eigenvalue weighted by atomic mass is 9.88. The number of anilines is 1. The quantitative estimate of drug-likeness (QED) is 0.555. The number of aromatic nitrogens is 3. The fourth-order valence-corrected chi connectivity index (χ4v) is 3.96. The third-order valence-corrected chi connectivity index (χ3v) is 6.05. The molecular formula is C19H18F6N4O3. The molecule has 0 radical (unpaired) electrons. The lowest BCUT2D eigenvalue weighted by molar-refractivity contribution is -0.277. The van der Waals surface area contributed by atoms with Crippen molar-refractivity contribution >= 4 is 11.5 Å². The number of carbonyl (C=O) groups is 1. The molecular weight excluding hydrogens is 446 g/mol. The third kappa shape index (κ3) is 3.61. The lowest BCUT2D eigenvalue weighted by Gasteiger charge is -2.27. The largest absolute Gasteiger partial charge is 0.426 e. The molecule has 2 aromatic heterocycles. The van der Waals surface area contributed by atoms with Gasteiger partial charge in [-0.2, -0.15) is 26.3 Å². The van der Waals surface area contributed by atoms with E-state index in [1.54, 1.807) is 0 Å². The molecule has 0 aromatic carbocycles. The van der Waals surface area contributed by atoms with Crippen molar-refractivity contribution in [1.82, 2.24) is 15.2 Å². The first-order valence-corrected chi connectivity index (χ1v) is 9.84. The fourth-order valence-electron chi connectivity index (χ4n) is 3.96. The van der Waals surface area contributed by atoms with E-state index in [0.717, 1.165) is 0 Å². The van der Waals surface area contributed by atoms with E-state index >= 15 is 0 Å². The molecule has 4 bridgehead atoms. The maximum Gasteiger partial charge on any atom is 0.426 e. The Labute approximate surface area is 177 Å². The van der Waals surface area contributed by atoms with Crippen molar-refractivity contribution < 1.29 is 40.7 Å². The zero-order valence-electron chi connectivity index (χ0n) is 16.5. The number of ketones is 1. The molecule has 0 saturated heterocycles. The van der Waals surface area contributed by atoms with Crippen LogP contribution >= 0.6 is 0 Å². The Bertz CT molecular complexity index is 1060. The molecule has 7 nitrogen and oxygen atoms in total. The average Bonchev–Trinajstić information content (AvgIpc) is 3.31. The van der Waals surface area contributed by atoms with Crippen molar-refractivity contribution in [2.45, 2.75) is 62.9 Å².